The van der Waals surface area contributed by atoms with Gasteiger partial charge in [0.2, 0.25) is 0 Å². The van der Waals surface area contributed by atoms with Crippen LogP contribution in [-0.2, 0) is 9.47 Å². The molecule has 0 aliphatic carbocycles. The molecule has 0 spiro atoms. The lowest BCUT2D eigenvalue weighted by Crippen LogP contribution is -2.47. The lowest BCUT2D eigenvalue weighted by molar-refractivity contribution is -0.271. The van der Waals surface area contributed by atoms with Gasteiger partial charge in [0.15, 0.2) is 6.29 Å². The van der Waals surface area contributed by atoms with Gasteiger partial charge in [-0.2, -0.15) is 0 Å². The Morgan fingerprint density at radius 2 is 1.92 bits per heavy atom. The molecule has 1 saturated heterocycles. The van der Waals surface area contributed by atoms with Crippen LogP contribution in [0.3, 0.4) is 0 Å². The summed E-state index contributed by atoms with van der Waals surface area (Å²) in [5, 5.41) is 18.9. The van der Waals surface area contributed by atoms with Gasteiger partial charge in [-0.3, -0.25) is 0 Å². The molecule has 1 aliphatic rings. The third-order valence-corrected chi connectivity index (χ3v) is 2.09. The molecular formula is C9H18O4. The Kier molecular flexibility index (Phi) is 3.67. The predicted octanol–water partition coefficient (Wildman–Crippen LogP) is 0.268. The van der Waals surface area contributed by atoms with Crippen molar-refractivity contribution < 1.29 is 19.7 Å². The highest BCUT2D eigenvalue weighted by Gasteiger charge is 2.34. The van der Waals surface area contributed by atoms with Crippen LogP contribution in [0.15, 0.2) is 0 Å². The van der Waals surface area contributed by atoms with Gasteiger partial charge in [-0.15, -0.1) is 0 Å². The number of aliphatic hydroxyl groups is 2. The maximum atomic E-state index is 9.50. The first-order chi connectivity index (χ1) is 6.00. The molecule has 2 N–H and O–H groups in total. The molecule has 0 aromatic rings. The topological polar surface area (TPSA) is 58.9 Å². The van der Waals surface area contributed by atoms with E-state index in [0.717, 1.165) is 0 Å². The summed E-state index contributed by atoms with van der Waals surface area (Å²) in [6.07, 6.45) is -1.86. The summed E-state index contributed by atoms with van der Waals surface area (Å²) in [6, 6.07) is 0. The Balaban J connectivity index is 2.46. The molecular weight excluding hydrogens is 172 g/mol. The van der Waals surface area contributed by atoms with Gasteiger partial charge in [-0.25, -0.2) is 0 Å². The van der Waals surface area contributed by atoms with Gasteiger partial charge in [0.25, 0.3) is 0 Å². The minimum atomic E-state index is -0.728. The van der Waals surface area contributed by atoms with Crippen molar-refractivity contribution in [1.29, 1.82) is 0 Å². The van der Waals surface area contributed by atoms with Crippen LogP contribution in [0.4, 0.5) is 0 Å². The number of hydrogen-bond acceptors (Lipinski definition) is 4. The van der Waals surface area contributed by atoms with Crippen molar-refractivity contribution in [3.05, 3.63) is 0 Å². The molecule has 3 unspecified atom stereocenters. The highest BCUT2D eigenvalue weighted by Crippen LogP contribution is 2.21. The first-order valence-electron chi connectivity index (χ1n) is 4.67. The fourth-order valence-corrected chi connectivity index (χ4v) is 1.33. The summed E-state index contributed by atoms with van der Waals surface area (Å²) in [5.74, 6) is 0. The molecule has 13 heavy (non-hydrogen) atoms. The second-order valence-corrected chi connectivity index (χ2v) is 3.76. The van der Waals surface area contributed by atoms with E-state index in [1.165, 1.54) is 0 Å². The smallest absolute Gasteiger partial charge is 0.184 e. The van der Waals surface area contributed by atoms with Gasteiger partial charge in [-0.1, -0.05) is 0 Å². The molecule has 0 radical (unpaired) electrons. The average molecular weight is 190 g/mol. The molecule has 4 heteroatoms. The molecule has 0 aromatic heterocycles. The minimum Gasteiger partial charge on any atom is -0.390 e. The summed E-state index contributed by atoms with van der Waals surface area (Å²) in [4.78, 5) is 0. The van der Waals surface area contributed by atoms with Crippen molar-refractivity contribution >= 4 is 0 Å². The van der Waals surface area contributed by atoms with Crippen molar-refractivity contribution in [2.75, 3.05) is 0 Å². The van der Waals surface area contributed by atoms with E-state index in [0.29, 0.717) is 6.42 Å². The van der Waals surface area contributed by atoms with Gasteiger partial charge >= 0.3 is 0 Å². The summed E-state index contributed by atoms with van der Waals surface area (Å²) < 4.78 is 10.6. The van der Waals surface area contributed by atoms with Gasteiger partial charge < -0.3 is 19.7 Å². The van der Waals surface area contributed by atoms with Gasteiger partial charge in [0, 0.05) is 6.42 Å². The maximum Gasteiger partial charge on any atom is 0.184 e. The molecule has 78 valence electrons. The van der Waals surface area contributed by atoms with E-state index in [4.69, 9.17) is 9.47 Å². The van der Waals surface area contributed by atoms with Crippen LogP contribution in [-0.4, -0.2) is 40.9 Å². The van der Waals surface area contributed by atoms with Crippen molar-refractivity contribution in [1.82, 2.24) is 0 Å². The number of aliphatic hydroxyl groups excluding tert-OH is 2. The van der Waals surface area contributed by atoms with E-state index < -0.39 is 18.5 Å². The quantitative estimate of drug-likeness (QED) is 0.656. The Morgan fingerprint density at radius 3 is 2.46 bits per heavy atom. The van der Waals surface area contributed by atoms with Crippen LogP contribution in [0.2, 0.25) is 0 Å². The third kappa shape index (κ3) is 2.91. The molecule has 0 amide bonds. The molecule has 4 atom stereocenters. The highest BCUT2D eigenvalue weighted by atomic mass is 16.7. The standard InChI is InChI=1S/C9H18O4/c1-5(2)12-9-8(11)4-7(10)6(3)13-9/h5-11H,4H2,1-3H3/t6?,7?,8?,9-/m1/s1. The van der Waals surface area contributed by atoms with Crippen molar-refractivity contribution in [2.24, 2.45) is 0 Å². The molecule has 1 aliphatic heterocycles. The SMILES string of the molecule is CC(C)O[C@@H]1OC(C)C(O)CC1O. The lowest BCUT2D eigenvalue weighted by atomic mass is 10.0. The lowest BCUT2D eigenvalue weighted by Gasteiger charge is -2.36. The fourth-order valence-electron chi connectivity index (χ4n) is 1.33. The Hall–Kier alpha value is -0.160. The fraction of sp³-hybridized carbons (Fsp3) is 1.00. The summed E-state index contributed by atoms with van der Waals surface area (Å²) in [7, 11) is 0. The van der Waals surface area contributed by atoms with Crippen LogP contribution in [0, 0.1) is 0 Å². The van der Waals surface area contributed by atoms with E-state index in [9.17, 15) is 10.2 Å². The summed E-state index contributed by atoms with van der Waals surface area (Å²) in [6.45, 7) is 5.53. The zero-order valence-corrected chi connectivity index (χ0v) is 8.30. The van der Waals surface area contributed by atoms with Crippen LogP contribution in [0.5, 0.6) is 0 Å². The number of hydrogen-bond donors (Lipinski definition) is 2. The van der Waals surface area contributed by atoms with Crippen molar-refractivity contribution in [2.45, 2.75) is 57.9 Å². The molecule has 0 saturated carbocycles. The van der Waals surface area contributed by atoms with Crippen LogP contribution >= 0.6 is 0 Å². The van der Waals surface area contributed by atoms with E-state index in [-0.39, 0.29) is 12.2 Å². The molecule has 0 aromatic carbocycles. The van der Waals surface area contributed by atoms with Gasteiger partial charge in [-0.05, 0) is 20.8 Å². The Morgan fingerprint density at radius 1 is 1.31 bits per heavy atom. The third-order valence-electron chi connectivity index (χ3n) is 2.09. The van der Waals surface area contributed by atoms with E-state index in [1.54, 1.807) is 6.92 Å². The van der Waals surface area contributed by atoms with E-state index in [2.05, 4.69) is 0 Å². The normalized spacial score (nSPS) is 41.1. The average Bonchev–Trinajstić information content (AvgIpc) is 1.99. The summed E-state index contributed by atoms with van der Waals surface area (Å²) >= 11 is 0. The number of rotatable bonds is 2. The van der Waals surface area contributed by atoms with Crippen LogP contribution < -0.4 is 0 Å². The first kappa shape index (κ1) is 10.9. The molecule has 1 fully saturated rings. The second-order valence-electron chi connectivity index (χ2n) is 3.76. The van der Waals surface area contributed by atoms with E-state index >= 15 is 0 Å². The maximum absolute atomic E-state index is 9.50. The van der Waals surface area contributed by atoms with Crippen molar-refractivity contribution in [3.8, 4) is 0 Å². The van der Waals surface area contributed by atoms with Crippen LogP contribution in [0.25, 0.3) is 0 Å². The Labute approximate surface area is 78.5 Å². The minimum absolute atomic E-state index is 0.0158. The van der Waals surface area contributed by atoms with Gasteiger partial charge in [0.1, 0.15) is 6.10 Å². The zero-order chi connectivity index (χ0) is 10.0. The molecule has 0 bridgehead atoms. The Bertz CT molecular complexity index is 160. The largest absolute Gasteiger partial charge is 0.390 e. The summed E-state index contributed by atoms with van der Waals surface area (Å²) in [5.41, 5.74) is 0. The van der Waals surface area contributed by atoms with E-state index in [1.807, 2.05) is 13.8 Å². The first-order valence-corrected chi connectivity index (χ1v) is 4.67. The number of ether oxygens (including phenoxy) is 2. The van der Waals surface area contributed by atoms with Crippen LogP contribution in [0.1, 0.15) is 27.2 Å². The monoisotopic (exact) mass is 190 g/mol. The van der Waals surface area contributed by atoms with Gasteiger partial charge in [0.05, 0.1) is 18.3 Å². The molecule has 1 heterocycles. The van der Waals surface area contributed by atoms with Crippen molar-refractivity contribution in [3.63, 3.8) is 0 Å². The highest BCUT2D eigenvalue weighted by molar-refractivity contribution is 4.78. The zero-order valence-electron chi connectivity index (χ0n) is 8.30. The molecule has 1 rings (SSSR count). The predicted molar refractivity (Wildman–Crippen MR) is 47.2 cm³/mol. The second kappa shape index (κ2) is 4.37. The molecule has 4 nitrogen and oxygen atoms in total.